The van der Waals surface area contributed by atoms with E-state index in [2.05, 4.69) is 5.32 Å². The predicted molar refractivity (Wildman–Crippen MR) is 70.0 cm³/mol. The van der Waals surface area contributed by atoms with E-state index in [1.807, 2.05) is 0 Å². The van der Waals surface area contributed by atoms with Gasteiger partial charge in [0, 0.05) is 27.2 Å². The minimum Gasteiger partial charge on any atom is -0.479 e. The third-order valence-electron chi connectivity index (χ3n) is 3.20. The van der Waals surface area contributed by atoms with E-state index >= 15 is 0 Å². The Morgan fingerprint density at radius 3 is 2.60 bits per heavy atom. The molecule has 0 aromatic rings. The summed E-state index contributed by atoms with van der Waals surface area (Å²) < 4.78 is 0. The number of likely N-dealkylation sites (tertiary alicyclic amines) is 1. The van der Waals surface area contributed by atoms with Crippen molar-refractivity contribution in [3.05, 3.63) is 0 Å². The summed E-state index contributed by atoms with van der Waals surface area (Å²) in [6.07, 6.45) is -0.243. The van der Waals surface area contributed by atoms with E-state index in [1.165, 1.54) is 4.90 Å². The number of carboxylic acids is 1. The molecule has 8 heteroatoms. The van der Waals surface area contributed by atoms with Gasteiger partial charge in [-0.25, -0.2) is 9.59 Å². The highest BCUT2D eigenvalue weighted by molar-refractivity contribution is 5.81. The summed E-state index contributed by atoms with van der Waals surface area (Å²) in [6.45, 7) is 0.594. The van der Waals surface area contributed by atoms with Gasteiger partial charge >= 0.3 is 12.0 Å². The van der Waals surface area contributed by atoms with E-state index < -0.39 is 12.1 Å². The molecule has 0 bridgehead atoms. The van der Waals surface area contributed by atoms with Crippen molar-refractivity contribution in [2.45, 2.75) is 18.9 Å². The van der Waals surface area contributed by atoms with E-state index in [1.54, 1.807) is 19.0 Å². The van der Waals surface area contributed by atoms with E-state index in [9.17, 15) is 14.4 Å². The summed E-state index contributed by atoms with van der Waals surface area (Å²) >= 11 is 0. The summed E-state index contributed by atoms with van der Waals surface area (Å²) in [5, 5.41) is 20.0. The molecule has 1 unspecified atom stereocenters. The van der Waals surface area contributed by atoms with Crippen molar-refractivity contribution >= 4 is 17.9 Å². The van der Waals surface area contributed by atoms with Crippen molar-refractivity contribution in [2.24, 2.45) is 5.92 Å². The molecule has 0 spiro atoms. The van der Waals surface area contributed by atoms with Gasteiger partial charge in [-0.15, -0.1) is 0 Å². The van der Waals surface area contributed by atoms with Gasteiger partial charge in [-0.05, 0) is 12.8 Å². The van der Waals surface area contributed by atoms with Crippen LogP contribution in [0.3, 0.4) is 0 Å². The third-order valence-corrected chi connectivity index (χ3v) is 3.20. The molecule has 1 aliphatic heterocycles. The minimum absolute atomic E-state index is 0.145. The molecule has 3 N–H and O–H groups in total. The monoisotopic (exact) mass is 287 g/mol. The van der Waals surface area contributed by atoms with Crippen LogP contribution in [0.2, 0.25) is 0 Å². The van der Waals surface area contributed by atoms with Gasteiger partial charge in [-0.3, -0.25) is 4.79 Å². The molecule has 8 nitrogen and oxygen atoms in total. The Kier molecular flexibility index (Phi) is 5.75. The largest absolute Gasteiger partial charge is 0.479 e. The first-order chi connectivity index (χ1) is 9.32. The van der Waals surface area contributed by atoms with Crippen LogP contribution in [0, 0.1) is 5.92 Å². The van der Waals surface area contributed by atoms with E-state index in [4.69, 9.17) is 10.2 Å². The Labute approximate surface area is 117 Å². The van der Waals surface area contributed by atoms with Gasteiger partial charge in [0.25, 0.3) is 0 Å². The number of urea groups is 1. The lowest BCUT2D eigenvalue weighted by Gasteiger charge is -2.33. The van der Waals surface area contributed by atoms with Gasteiger partial charge < -0.3 is 25.3 Å². The number of hydrogen-bond acceptors (Lipinski definition) is 4. The first-order valence-corrected chi connectivity index (χ1v) is 6.47. The fourth-order valence-electron chi connectivity index (χ4n) is 2.08. The summed E-state index contributed by atoms with van der Waals surface area (Å²) in [4.78, 5) is 37.2. The van der Waals surface area contributed by atoms with Crippen molar-refractivity contribution in [2.75, 3.05) is 33.7 Å². The topological polar surface area (TPSA) is 110 Å². The molecule has 114 valence electrons. The quantitative estimate of drug-likeness (QED) is 0.610. The second kappa shape index (κ2) is 7.09. The van der Waals surface area contributed by atoms with Crippen molar-refractivity contribution in [1.29, 1.82) is 0 Å². The number of aliphatic hydroxyl groups is 1. The van der Waals surface area contributed by atoms with E-state index in [-0.39, 0.29) is 24.4 Å². The van der Waals surface area contributed by atoms with Crippen LogP contribution in [0.4, 0.5) is 4.79 Å². The first-order valence-electron chi connectivity index (χ1n) is 6.47. The molecule has 0 aliphatic carbocycles. The number of rotatable bonds is 4. The molecule has 0 aromatic heterocycles. The maximum Gasteiger partial charge on any atom is 0.334 e. The maximum atomic E-state index is 11.9. The van der Waals surface area contributed by atoms with Crippen molar-refractivity contribution in [1.82, 2.24) is 15.1 Å². The van der Waals surface area contributed by atoms with E-state index in [0.29, 0.717) is 19.5 Å². The number of hydrogen-bond donors (Lipinski definition) is 3. The molecular weight excluding hydrogens is 266 g/mol. The molecule has 1 fully saturated rings. The Morgan fingerprint density at radius 1 is 1.40 bits per heavy atom. The zero-order valence-corrected chi connectivity index (χ0v) is 11.7. The molecule has 2 atom stereocenters. The van der Waals surface area contributed by atoms with Crippen LogP contribution in [-0.2, 0) is 9.59 Å². The lowest BCUT2D eigenvalue weighted by atomic mass is 9.97. The zero-order chi connectivity index (χ0) is 15.3. The van der Waals surface area contributed by atoms with Gasteiger partial charge in [0.2, 0.25) is 5.91 Å². The minimum atomic E-state index is -1.61. The van der Waals surface area contributed by atoms with Crippen LogP contribution in [0.25, 0.3) is 0 Å². The number of amides is 3. The third kappa shape index (κ3) is 4.37. The second-order valence-corrected chi connectivity index (χ2v) is 5.06. The fourth-order valence-corrected chi connectivity index (χ4v) is 2.08. The summed E-state index contributed by atoms with van der Waals surface area (Å²) in [7, 11) is 3.30. The van der Waals surface area contributed by atoms with Gasteiger partial charge in [-0.2, -0.15) is 0 Å². The highest BCUT2D eigenvalue weighted by Crippen LogP contribution is 2.17. The Hall–Kier alpha value is -1.83. The fraction of sp³-hybridized carbons (Fsp3) is 0.750. The number of aliphatic hydroxyl groups excluding tert-OH is 1. The number of carbonyl (C=O) groups is 3. The van der Waals surface area contributed by atoms with Crippen LogP contribution >= 0.6 is 0 Å². The second-order valence-electron chi connectivity index (χ2n) is 5.06. The number of piperidine rings is 1. The maximum absolute atomic E-state index is 11.9. The van der Waals surface area contributed by atoms with E-state index in [0.717, 1.165) is 6.42 Å². The Morgan fingerprint density at radius 2 is 2.05 bits per heavy atom. The number of aliphatic carboxylic acids is 1. The van der Waals surface area contributed by atoms with Crippen molar-refractivity contribution in [3.8, 4) is 0 Å². The number of carbonyl (C=O) groups excluding carboxylic acids is 2. The van der Waals surface area contributed by atoms with Crippen molar-refractivity contribution in [3.63, 3.8) is 0 Å². The number of nitrogens with one attached hydrogen (secondary N) is 1. The average Bonchev–Trinajstić information content (AvgIpc) is 2.43. The summed E-state index contributed by atoms with van der Waals surface area (Å²) in [5.74, 6) is -2.08. The van der Waals surface area contributed by atoms with Crippen LogP contribution in [0.5, 0.6) is 0 Å². The van der Waals surface area contributed by atoms with Gasteiger partial charge in [-0.1, -0.05) is 0 Å². The molecule has 0 radical (unpaired) electrons. The lowest BCUT2D eigenvalue weighted by molar-refractivity contribution is -0.146. The molecule has 1 heterocycles. The summed E-state index contributed by atoms with van der Waals surface area (Å²) in [5.41, 5.74) is 0. The molecule has 20 heavy (non-hydrogen) atoms. The van der Waals surface area contributed by atoms with Crippen LogP contribution < -0.4 is 5.32 Å². The lowest BCUT2D eigenvalue weighted by Crippen LogP contribution is -2.49. The SMILES string of the molecule is CN(C)C(=O)N1CCCC(C(=O)NC[C@H](O)C(=O)O)C1. The molecule has 1 saturated heterocycles. The molecule has 1 rings (SSSR count). The highest BCUT2D eigenvalue weighted by atomic mass is 16.4. The zero-order valence-electron chi connectivity index (χ0n) is 11.7. The predicted octanol–water partition coefficient (Wildman–Crippen LogP) is -1.06. The van der Waals surface area contributed by atoms with Crippen LogP contribution in [0.1, 0.15) is 12.8 Å². The highest BCUT2D eigenvalue weighted by Gasteiger charge is 2.29. The van der Waals surface area contributed by atoms with Gasteiger partial charge in [0.15, 0.2) is 6.10 Å². The average molecular weight is 287 g/mol. The number of carboxylic acid groups (broad SMARTS) is 1. The number of nitrogens with zero attached hydrogens (tertiary/aromatic N) is 2. The smallest absolute Gasteiger partial charge is 0.334 e. The first kappa shape index (κ1) is 16.2. The normalized spacial score (nSPS) is 20.1. The Balaban J connectivity index is 2.48. The summed E-state index contributed by atoms with van der Waals surface area (Å²) in [6, 6.07) is -0.145. The van der Waals surface area contributed by atoms with Crippen LogP contribution in [-0.4, -0.2) is 77.8 Å². The van der Waals surface area contributed by atoms with Gasteiger partial charge in [0.1, 0.15) is 0 Å². The molecule has 0 aromatic carbocycles. The standard InChI is InChI=1S/C12H21N3O5/c1-14(2)12(20)15-5-3-4-8(7-15)10(17)13-6-9(16)11(18)19/h8-9,16H,3-7H2,1-2H3,(H,13,17)(H,18,19)/t8?,9-/m0/s1. The molecular formula is C12H21N3O5. The molecule has 0 saturated carbocycles. The van der Waals surface area contributed by atoms with Crippen molar-refractivity contribution < 1.29 is 24.6 Å². The Bertz CT molecular complexity index is 385. The molecule has 1 aliphatic rings. The van der Waals surface area contributed by atoms with Crippen LogP contribution in [0.15, 0.2) is 0 Å². The molecule has 3 amide bonds. The van der Waals surface area contributed by atoms with Gasteiger partial charge in [0.05, 0.1) is 12.5 Å².